The van der Waals surface area contributed by atoms with E-state index in [1.165, 1.54) is 60.4 Å². The van der Waals surface area contributed by atoms with Crippen LogP contribution in [0.25, 0.3) is 0 Å². The number of thiazole rings is 1. The summed E-state index contributed by atoms with van der Waals surface area (Å²) in [6, 6.07) is 16.2. The highest BCUT2D eigenvalue weighted by atomic mass is 32.2. The Bertz CT molecular complexity index is 1450. The number of thioether (sulfide) groups is 1. The molecule has 4 unspecified atom stereocenters. The van der Waals surface area contributed by atoms with Crippen molar-refractivity contribution in [1.82, 2.24) is 4.57 Å². The second-order valence-electron chi connectivity index (χ2n) is 9.62. The number of fused-ring (bicyclic) bond motifs is 6. The molecule has 1 amide bonds. The molecule has 3 aromatic rings. The Balaban J connectivity index is 1.30. The molecule has 3 N–H and O–H groups in total. The third-order valence-electron chi connectivity index (χ3n) is 7.62. The third-order valence-corrected chi connectivity index (χ3v) is 11.4. The van der Waals surface area contributed by atoms with E-state index in [1.54, 1.807) is 16.3 Å². The second kappa shape index (κ2) is 8.62. The topological polar surface area (TPSA) is 111 Å². The van der Waals surface area contributed by atoms with E-state index in [9.17, 15) is 18.0 Å². The molecule has 6 rings (SSSR count). The Labute approximate surface area is 211 Å². The van der Waals surface area contributed by atoms with Crippen molar-refractivity contribution in [1.29, 1.82) is 0 Å². The molecule has 1 aromatic heterocycles. The normalized spacial score (nSPS) is 26.8. The molecule has 2 fully saturated rings. The summed E-state index contributed by atoms with van der Waals surface area (Å²) in [5, 5.41) is 9.31. The number of carbonyl (C=O) groups excluding carboxylic acids is 1. The lowest BCUT2D eigenvalue weighted by atomic mass is 9.75. The Morgan fingerprint density at radius 3 is 2.49 bits per heavy atom. The minimum Gasteiger partial charge on any atom is -0.325 e. The first-order chi connectivity index (χ1) is 16.8. The highest BCUT2D eigenvalue weighted by molar-refractivity contribution is 8.00. The van der Waals surface area contributed by atoms with Gasteiger partial charge in [0.15, 0.2) is 0 Å². The fraction of sp³-hybridized carbons (Fsp3) is 0.360. The van der Waals surface area contributed by atoms with Gasteiger partial charge >= 0.3 is 4.87 Å². The average Bonchev–Trinajstić information content (AvgIpc) is 3.52. The van der Waals surface area contributed by atoms with Crippen LogP contribution in [0.3, 0.4) is 0 Å². The molecule has 0 radical (unpaired) electrons. The summed E-state index contributed by atoms with van der Waals surface area (Å²) in [7, 11) is -3.80. The summed E-state index contributed by atoms with van der Waals surface area (Å²) in [5.74, 6) is 1.77. The number of benzene rings is 2. The summed E-state index contributed by atoms with van der Waals surface area (Å²) < 4.78 is 24.5. The lowest BCUT2D eigenvalue weighted by molar-refractivity contribution is -0.116. The summed E-state index contributed by atoms with van der Waals surface area (Å²) in [4.78, 5) is 27.0. The number of sulfonamides is 1. The molecular formula is C25H25N3O4S3. The number of nitrogens with one attached hydrogen (secondary N) is 1. The molecule has 182 valence electrons. The number of anilines is 1. The minimum absolute atomic E-state index is 0.0256. The lowest BCUT2D eigenvalue weighted by Crippen LogP contribution is -2.34. The number of rotatable bonds is 5. The molecule has 5 atom stereocenters. The van der Waals surface area contributed by atoms with Gasteiger partial charge in [0.05, 0.1) is 9.92 Å². The highest BCUT2D eigenvalue weighted by Crippen LogP contribution is 2.63. The number of nitrogens with two attached hydrogens (primary N) is 1. The van der Waals surface area contributed by atoms with E-state index in [0.29, 0.717) is 28.7 Å². The van der Waals surface area contributed by atoms with Crippen molar-refractivity contribution in [2.24, 2.45) is 22.9 Å². The van der Waals surface area contributed by atoms with Crippen molar-refractivity contribution < 1.29 is 13.2 Å². The van der Waals surface area contributed by atoms with E-state index < -0.39 is 10.0 Å². The molecule has 2 aliphatic carbocycles. The van der Waals surface area contributed by atoms with E-state index in [2.05, 4.69) is 29.6 Å². The maximum atomic E-state index is 13.1. The van der Waals surface area contributed by atoms with Crippen molar-refractivity contribution >= 4 is 44.7 Å². The molecule has 10 heteroatoms. The van der Waals surface area contributed by atoms with Crippen LogP contribution in [0.4, 0.5) is 5.69 Å². The van der Waals surface area contributed by atoms with Crippen LogP contribution in [-0.2, 0) is 21.4 Å². The summed E-state index contributed by atoms with van der Waals surface area (Å²) in [6.07, 6.45) is 3.78. The lowest BCUT2D eigenvalue weighted by Gasteiger charge is -2.40. The van der Waals surface area contributed by atoms with Gasteiger partial charge < -0.3 is 5.32 Å². The van der Waals surface area contributed by atoms with Gasteiger partial charge in [-0.25, -0.2) is 13.6 Å². The number of hydrogen-bond donors (Lipinski definition) is 2. The van der Waals surface area contributed by atoms with Crippen molar-refractivity contribution in [3.63, 3.8) is 0 Å². The molecule has 2 saturated carbocycles. The number of nitrogens with zero attached hydrogens (tertiary/aromatic N) is 1. The minimum atomic E-state index is -3.80. The van der Waals surface area contributed by atoms with E-state index in [0.717, 1.165) is 9.90 Å². The van der Waals surface area contributed by atoms with Gasteiger partial charge in [0, 0.05) is 21.7 Å². The van der Waals surface area contributed by atoms with E-state index in [1.807, 2.05) is 6.07 Å². The first-order valence-electron chi connectivity index (χ1n) is 11.7. The maximum Gasteiger partial charge on any atom is 0.308 e. The van der Waals surface area contributed by atoms with Crippen LogP contribution >= 0.6 is 23.1 Å². The van der Waals surface area contributed by atoms with E-state index in [-0.39, 0.29) is 28.1 Å². The van der Waals surface area contributed by atoms with Crippen LogP contribution in [-0.4, -0.2) is 24.1 Å². The van der Waals surface area contributed by atoms with Crippen LogP contribution < -0.4 is 15.3 Å². The zero-order valence-corrected chi connectivity index (χ0v) is 21.2. The standard InChI is InChI=1S/C25H25N3O4S3/c26-35(31,32)18-10-8-17(9-11-18)27-19(29)13-28-24-23(34-25(28)30)20(14-4-2-1-3-5-14)21-15-6-7-16(12-15)22(21)33-24/h1-5,8-11,15-16,20-22H,6-7,12-13H2,(H,27,29)(H2,26,31,32)/t15?,16?,20-,21?,22?/m1/s1. The molecule has 1 aliphatic heterocycles. The zero-order valence-electron chi connectivity index (χ0n) is 18.8. The monoisotopic (exact) mass is 527 g/mol. The molecule has 0 spiro atoms. The molecule has 2 aromatic carbocycles. The Morgan fingerprint density at radius 2 is 1.77 bits per heavy atom. The molecule has 3 aliphatic rings. The van der Waals surface area contributed by atoms with Gasteiger partial charge in [-0.05, 0) is 66.8 Å². The predicted molar refractivity (Wildman–Crippen MR) is 137 cm³/mol. The second-order valence-corrected chi connectivity index (χ2v) is 13.3. The SMILES string of the molecule is NS(=O)(=O)c1ccc(NC(=O)Cn2c3c(sc2=O)[C@H](c2ccccc2)C2C4CCC(C4)C2S3)cc1. The molecule has 2 heterocycles. The van der Waals surface area contributed by atoms with Gasteiger partial charge in [-0.3, -0.25) is 14.2 Å². The van der Waals surface area contributed by atoms with Crippen LogP contribution in [0, 0.1) is 17.8 Å². The Hall–Kier alpha value is -2.40. The Kier molecular flexibility index (Phi) is 5.67. The molecule has 7 nitrogen and oxygen atoms in total. The molecular weight excluding hydrogens is 502 g/mol. The van der Waals surface area contributed by atoms with Crippen LogP contribution in [0.15, 0.2) is 69.3 Å². The quantitative estimate of drug-likeness (QED) is 0.524. The number of amides is 1. The molecule has 35 heavy (non-hydrogen) atoms. The summed E-state index contributed by atoms with van der Waals surface area (Å²) >= 11 is 3.08. The smallest absolute Gasteiger partial charge is 0.308 e. The fourth-order valence-corrected chi connectivity index (χ4v) is 9.86. The number of hydrogen-bond acceptors (Lipinski definition) is 6. The summed E-state index contributed by atoms with van der Waals surface area (Å²) in [5.41, 5.74) is 1.70. The summed E-state index contributed by atoms with van der Waals surface area (Å²) in [6.45, 7) is -0.0817. The number of primary sulfonamides is 1. The maximum absolute atomic E-state index is 13.1. The van der Waals surface area contributed by atoms with Gasteiger partial charge in [0.2, 0.25) is 15.9 Å². The molecule has 0 saturated heterocycles. The van der Waals surface area contributed by atoms with Crippen molar-refractivity contribution in [2.45, 2.75) is 46.9 Å². The first kappa shape index (κ1) is 23.0. The van der Waals surface area contributed by atoms with E-state index >= 15 is 0 Å². The van der Waals surface area contributed by atoms with Crippen molar-refractivity contribution in [2.75, 3.05) is 5.32 Å². The third kappa shape index (κ3) is 4.06. The fourth-order valence-electron chi connectivity index (χ4n) is 6.19. The first-order valence-corrected chi connectivity index (χ1v) is 14.9. The number of carbonyl (C=O) groups is 1. The average molecular weight is 528 g/mol. The predicted octanol–water partition coefficient (Wildman–Crippen LogP) is 3.85. The van der Waals surface area contributed by atoms with Gasteiger partial charge in [-0.2, -0.15) is 0 Å². The largest absolute Gasteiger partial charge is 0.325 e. The Morgan fingerprint density at radius 1 is 1.06 bits per heavy atom. The van der Waals surface area contributed by atoms with Gasteiger partial charge in [0.25, 0.3) is 0 Å². The van der Waals surface area contributed by atoms with Gasteiger partial charge in [0.1, 0.15) is 6.54 Å². The van der Waals surface area contributed by atoms with Crippen LogP contribution in [0.1, 0.15) is 35.6 Å². The van der Waals surface area contributed by atoms with E-state index in [4.69, 9.17) is 5.14 Å². The molecule has 2 bridgehead atoms. The van der Waals surface area contributed by atoms with Crippen molar-refractivity contribution in [3.8, 4) is 0 Å². The van der Waals surface area contributed by atoms with Gasteiger partial charge in [-0.1, -0.05) is 41.7 Å². The van der Waals surface area contributed by atoms with Crippen molar-refractivity contribution in [3.05, 3.63) is 74.7 Å². The van der Waals surface area contributed by atoms with Crippen LogP contribution in [0.2, 0.25) is 0 Å². The number of aromatic nitrogens is 1. The van der Waals surface area contributed by atoms with Crippen LogP contribution in [0.5, 0.6) is 0 Å². The highest BCUT2D eigenvalue weighted by Gasteiger charge is 2.55. The van der Waals surface area contributed by atoms with Gasteiger partial charge in [-0.15, -0.1) is 11.8 Å². The zero-order chi connectivity index (χ0) is 24.3.